The highest BCUT2D eigenvalue weighted by Crippen LogP contribution is 2.23. The summed E-state index contributed by atoms with van der Waals surface area (Å²) >= 11 is 9.37. The summed E-state index contributed by atoms with van der Waals surface area (Å²) in [7, 11) is 0. The van der Waals surface area contributed by atoms with Crippen LogP contribution in [0.4, 0.5) is 5.69 Å². The summed E-state index contributed by atoms with van der Waals surface area (Å²) in [5.74, 6) is 0.00631. The van der Waals surface area contributed by atoms with Crippen molar-refractivity contribution in [2.24, 2.45) is 0 Å². The van der Waals surface area contributed by atoms with Crippen molar-refractivity contribution >= 4 is 39.1 Å². The molecule has 0 fully saturated rings. The number of nitrogens with one attached hydrogen (secondary N) is 1. The van der Waals surface area contributed by atoms with Gasteiger partial charge in [-0.2, -0.15) is 0 Å². The molecule has 0 aliphatic rings. The number of anilines is 1. The lowest BCUT2D eigenvalue weighted by molar-refractivity contribution is 0.102. The summed E-state index contributed by atoms with van der Waals surface area (Å²) < 4.78 is 0.831. The zero-order valence-electron chi connectivity index (χ0n) is 11.2. The van der Waals surface area contributed by atoms with Crippen LogP contribution in [0.1, 0.15) is 35.8 Å². The van der Waals surface area contributed by atoms with E-state index in [9.17, 15) is 4.79 Å². The second-order valence-corrected chi connectivity index (χ2v) is 5.93. The summed E-state index contributed by atoms with van der Waals surface area (Å²) in [6.45, 7) is 4.02. The van der Waals surface area contributed by atoms with E-state index in [2.05, 4.69) is 26.2 Å². The molecule has 0 spiro atoms. The zero-order valence-corrected chi connectivity index (χ0v) is 13.5. The first-order valence-corrected chi connectivity index (χ1v) is 7.38. The number of halogens is 2. The van der Waals surface area contributed by atoms with E-state index in [1.54, 1.807) is 12.1 Å². The Morgan fingerprint density at radius 1 is 1.30 bits per heavy atom. The third-order valence-corrected chi connectivity index (χ3v) is 3.67. The van der Waals surface area contributed by atoms with Gasteiger partial charge in [-0.3, -0.25) is 4.79 Å². The van der Waals surface area contributed by atoms with Crippen molar-refractivity contribution in [2.75, 3.05) is 5.32 Å². The van der Waals surface area contributed by atoms with Crippen LogP contribution in [0.2, 0.25) is 5.15 Å². The third kappa shape index (κ3) is 3.58. The van der Waals surface area contributed by atoms with E-state index in [1.807, 2.05) is 38.1 Å². The summed E-state index contributed by atoms with van der Waals surface area (Å²) in [4.78, 5) is 16.5. The maximum Gasteiger partial charge on any atom is 0.255 e. The molecular formula is C15H14BrClN2O. The molecule has 0 bridgehead atoms. The average Bonchev–Trinajstić information content (AvgIpc) is 2.40. The zero-order chi connectivity index (χ0) is 14.7. The Bertz CT molecular complexity index is 644. The quantitative estimate of drug-likeness (QED) is 0.800. The van der Waals surface area contributed by atoms with Gasteiger partial charge >= 0.3 is 0 Å². The lowest BCUT2D eigenvalue weighted by atomic mass is 10.1. The first-order chi connectivity index (χ1) is 9.47. The van der Waals surface area contributed by atoms with E-state index in [1.165, 1.54) is 0 Å². The number of pyridine rings is 1. The van der Waals surface area contributed by atoms with E-state index in [4.69, 9.17) is 11.6 Å². The number of carbonyl (C=O) groups is 1. The van der Waals surface area contributed by atoms with Crippen LogP contribution in [0.5, 0.6) is 0 Å². The predicted molar refractivity (Wildman–Crippen MR) is 85.4 cm³/mol. The van der Waals surface area contributed by atoms with Crippen molar-refractivity contribution in [2.45, 2.75) is 19.8 Å². The molecule has 0 aliphatic heterocycles. The number of hydrogen-bond acceptors (Lipinski definition) is 2. The van der Waals surface area contributed by atoms with Crippen molar-refractivity contribution < 1.29 is 4.79 Å². The van der Waals surface area contributed by atoms with Gasteiger partial charge in [0.1, 0.15) is 5.15 Å². The minimum atomic E-state index is -0.205. The highest BCUT2D eigenvalue weighted by atomic mass is 79.9. The van der Waals surface area contributed by atoms with Crippen LogP contribution in [0.25, 0.3) is 0 Å². The van der Waals surface area contributed by atoms with Gasteiger partial charge in [0.25, 0.3) is 5.91 Å². The number of benzene rings is 1. The lowest BCUT2D eigenvalue weighted by Crippen LogP contribution is -2.13. The maximum atomic E-state index is 12.3. The fourth-order valence-electron chi connectivity index (χ4n) is 1.70. The minimum Gasteiger partial charge on any atom is -0.321 e. The molecule has 0 saturated heterocycles. The Labute approximate surface area is 131 Å². The number of carbonyl (C=O) groups excluding carboxylic acids is 1. The Kier molecular flexibility index (Phi) is 4.78. The molecule has 1 aromatic carbocycles. The van der Waals surface area contributed by atoms with Crippen LogP contribution in [-0.4, -0.2) is 10.9 Å². The Morgan fingerprint density at radius 2 is 2.00 bits per heavy atom. The standard InChI is InChI=1S/C15H14BrClN2O/c1-9(2)13-7-10(8-14(17)18-13)15(20)19-12-6-4-3-5-11(12)16/h3-9H,1-2H3,(H,19,20). The molecule has 2 aromatic rings. The molecule has 1 heterocycles. The van der Waals surface area contributed by atoms with Crippen molar-refractivity contribution in [1.29, 1.82) is 0 Å². The molecule has 0 aliphatic carbocycles. The normalized spacial score (nSPS) is 10.7. The van der Waals surface area contributed by atoms with E-state index < -0.39 is 0 Å². The Morgan fingerprint density at radius 3 is 2.65 bits per heavy atom. The van der Waals surface area contributed by atoms with Gasteiger partial charge in [-0.15, -0.1) is 0 Å². The fraction of sp³-hybridized carbons (Fsp3) is 0.200. The summed E-state index contributed by atoms with van der Waals surface area (Å²) in [5, 5.41) is 3.17. The number of rotatable bonds is 3. The Balaban J connectivity index is 2.28. The number of nitrogens with zero attached hydrogens (tertiary/aromatic N) is 1. The maximum absolute atomic E-state index is 12.3. The molecule has 0 unspecified atom stereocenters. The van der Waals surface area contributed by atoms with Gasteiger partial charge in [-0.1, -0.05) is 37.6 Å². The molecular weight excluding hydrogens is 340 g/mol. The summed E-state index contributed by atoms with van der Waals surface area (Å²) in [5.41, 5.74) is 2.02. The predicted octanol–water partition coefficient (Wildman–Crippen LogP) is 4.87. The fourth-order valence-corrected chi connectivity index (χ4v) is 2.30. The van der Waals surface area contributed by atoms with Gasteiger partial charge in [0.2, 0.25) is 0 Å². The molecule has 20 heavy (non-hydrogen) atoms. The van der Waals surface area contributed by atoms with Gasteiger partial charge in [-0.05, 0) is 46.1 Å². The third-order valence-electron chi connectivity index (χ3n) is 2.79. The van der Waals surface area contributed by atoms with Crippen molar-refractivity contribution in [3.63, 3.8) is 0 Å². The largest absolute Gasteiger partial charge is 0.321 e. The van der Waals surface area contributed by atoms with Crippen molar-refractivity contribution in [3.05, 3.63) is 57.3 Å². The van der Waals surface area contributed by atoms with Crippen LogP contribution < -0.4 is 5.32 Å². The second kappa shape index (κ2) is 6.37. The number of amides is 1. The highest BCUT2D eigenvalue weighted by molar-refractivity contribution is 9.10. The molecule has 1 aromatic heterocycles. The first-order valence-electron chi connectivity index (χ1n) is 6.20. The van der Waals surface area contributed by atoms with Crippen LogP contribution in [0, 0.1) is 0 Å². The summed E-state index contributed by atoms with van der Waals surface area (Å²) in [6.07, 6.45) is 0. The number of aromatic nitrogens is 1. The molecule has 5 heteroatoms. The van der Waals surface area contributed by atoms with Gasteiger partial charge < -0.3 is 5.32 Å². The molecule has 2 rings (SSSR count). The van der Waals surface area contributed by atoms with E-state index in [0.29, 0.717) is 10.7 Å². The van der Waals surface area contributed by atoms with E-state index in [-0.39, 0.29) is 11.8 Å². The number of para-hydroxylation sites is 1. The van der Waals surface area contributed by atoms with Crippen molar-refractivity contribution in [3.8, 4) is 0 Å². The molecule has 1 amide bonds. The average molecular weight is 354 g/mol. The van der Waals surface area contributed by atoms with Gasteiger partial charge in [-0.25, -0.2) is 4.98 Å². The molecule has 3 nitrogen and oxygen atoms in total. The topological polar surface area (TPSA) is 42.0 Å². The lowest BCUT2D eigenvalue weighted by Gasteiger charge is -2.10. The van der Waals surface area contributed by atoms with Crippen LogP contribution in [-0.2, 0) is 0 Å². The summed E-state index contributed by atoms with van der Waals surface area (Å²) in [6, 6.07) is 10.8. The van der Waals surface area contributed by atoms with E-state index in [0.717, 1.165) is 15.9 Å². The van der Waals surface area contributed by atoms with E-state index >= 15 is 0 Å². The molecule has 1 N–H and O–H groups in total. The van der Waals surface area contributed by atoms with Gasteiger partial charge in [0, 0.05) is 15.7 Å². The minimum absolute atomic E-state index is 0.205. The van der Waals surface area contributed by atoms with Gasteiger partial charge in [0.05, 0.1) is 5.69 Å². The van der Waals surface area contributed by atoms with Crippen LogP contribution in [0.3, 0.4) is 0 Å². The molecule has 0 radical (unpaired) electrons. The molecule has 0 atom stereocenters. The van der Waals surface area contributed by atoms with Gasteiger partial charge in [0.15, 0.2) is 0 Å². The Hall–Kier alpha value is -1.39. The smallest absolute Gasteiger partial charge is 0.255 e. The first kappa shape index (κ1) is 15.0. The highest BCUT2D eigenvalue weighted by Gasteiger charge is 2.12. The number of hydrogen-bond donors (Lipinski definition) is 1. The SMILES string of the molecule is CC(C)c1cc(C(=O)Nc2ccccc2Br)cc(Cl)n1. The molecule has 104 valence electrons. The monoisotopic (exact) mass is 352 g/mol. The van der Waals surface area contributed by atoms with Crippen LogP contribution in [0.15, 0.2) is 40.9 Å². The van der Waals surface area contributed by atoms with Crippen molar-refractivity contribution in [1.82, 2.24) is 4.98 Å². The molecule has 0 saturated carbocycles. The van der Waals surface area contributed by atoms with Crippen LogP contribution >= 0.6 is 27.5 Å². The second-order valence-electron chi connectivity index (χ2n) is 4.69.